The zero-order valence-corrected chi connectivity index (χ0v) is 10.9. The summed E-state index contributed by atoms with van der Waals surface area (Å²) in [5.41, 5.74) is 5.75. The highest BCUT2D eigenvalue weighted by Gasteiger charge is 2.05. The van der Waals surface area contributed by atoms with Gasteiger partial charge < -0.3 is 0 Å². The second-order valence-electron chi connectivity index (χ2n) is 3.15. The van der Waals surface area contributed by atoms with Crippen molar-refractivity contribution in [3.05, 3.63) is 47.2 Å². The summed E-state index contributed by atoms with van der Waals surface area (Å²) in [7, 11) is 0. The number of halogens is 1. The Hall–Kier alpha value is -1.07. The van der Waals surface area contributed by atoms with Crippen LogP contribution in [-0.4, -0.2) is 4.98 Å². The van der Waals surface area contributed by atoms with Crippen LogP contribution in [-0.2, 0) is 5.88 Å². The van der Waals surface area contributed by atoms with Crippen LogP contribution in [0, 0.1) is 0 Å². The Bertz CT molecular complexity index is 445. The van der Waals surface area contributed by atoms with Gasteiger partial charge in [-0.05, 0) is 28.1 Å². The Morgan fingerprint density at radius 1 is 1.31 bits per heavy atom. The highest BCUT2D eigenvalue weighted by Crippen LogP contribution is 2.26. The molecule has 0 aliphatic heterocycles. The van der Waals surface area contributed by atoms with Gasteiger partial charge in [0.1, 0.15) is 12.1 Å². The van der Waals surface area contributed by atoms with Gasteiger partial charge in [-0.15, -0.1) is 0 Å². The number of anilines is 1. The fraction of sp³-hybridized carbons (Fsp3) is 0.0909. The van der Waals surface area contributed by atoms with Gasteiger partial charge in [0.25, 0.3) is 0 Å². The highest BCUT2D eigenvalue weighted by atomic mass is 79.9. The van der Waals surface area contributed by atoms with Gasteiger partial charge in [0, 0.05) is 15.4 Å². The maximum absolute atomic E-state index is 5.75. The maximum atomic E-state index is 5.75. The Kier molecular flexibility index (Phi) is 3.79. The first kappa shape index (κ1) is 11.4. The van der Waals surface area contributed by atoms with Crippen LogP contribution in [0.4, 0.5) is 5.95 Å². The van der Waals surface area contributed by atoms with Gasteiger partial charge in [0.05, 0.1) is 6.20 Å². The number of hydrogen-bond donors (Lipinski definition) is 1. The molecule has 0 saturated carbocycles. The Balaban J connectivity index is 2.09. The molecule has 1 aromatic carbocycles. The minimum atomic E-state index is 0.530. The van der Waals surface area contributed by atoms with E-state index in [2.05, 4.69) is 27.0 Å². The van der Waals surface area contributed by atoms with Crippen molar-refractivity contribution in [2.45, 2.75) is 10.8 Å². The lowest BCUT2D eigenvalue weighted by molar-refractivity contribution is -0.663. The molecule has 0 spiro atoms. The van der Waals surface area contributed by atoms with E-state index in [-0.39, 0.29) is 0 Å². The fourth-order valence-electron chi connectivity index (χ4n) is 1.22. The molecule has 0 aliphatic rings. The fourth-order valence-corrected chi connectivity index (χ4v) is 2.73. The molecule has 0 bridgehead atoms. The number of thioether (sulfide) groups is 1. The molecule has 1 aromatic heterocycles. The number of nitrogens with zero attached hydrogens (tertiary/aromatic N) is 2. The van der Waals surface area contributed by atoms with E-state index in [0.29, 0.717) is 5.95 Å². The molecule has 0 aliphatic carbocycles. The van der Waals surface area contributed by atoms with Crippen LogP contribution >= 0.6 is 27.7 Å². The van der Waals surface area contributed by atoms with Crippen LogP contribution < -0.4 is 10.3 Å². The second kappa shape index (κ2) is 5.32. The Morgan fingerprint density at radius 2 is 2.12 bits per heavy atom. The van der Waals surface area contributed by atoms with Crippen molar-refractivity contribution in [1.82, 2.24) is 4.98 Å². The van der Waals surface area contributed by atoms with Gasteiger partial charge >= 0.3 is 5.95 Å². The van der Waals surface area contributed by atoms with Crippen LogP contribution in [0.15, 0.2) is 52.1 Å². The van der Waals surface area contributed by atoms with Crippen LogP contribution in [0.1, 0.15) is 0 Å². The molecule has 3 nitrogen and oxygen atoms in total. The second-order valence-corrected chi connectivity index (χ2v) is 4.99. The average molecular weight is 297 g/mol. The molecule has 0 saturated heterocycles. The van der Waals surface area contributed by atoms with E-state index in [1.54, 1.807) is 18.0 Å². The van der Waals surface area contributed by atoms with Gasteiger partial charge in [-0.1, -0.05) is 28.9 Å². The van der Waals surface area contributed by atoms with Crippen LogP contribution in [0.5, 0.6) is 0 Å². The molecule has 2 rings (SSSR count). The summed E-state index contributed by atoms with van der Waals surface area (Å²) in [5.74, 6) is 1.28. The van der Waals surface area contributed by atoms with E-state index < -0.39 is 0 Å². The van der Waals surface area contributed by atoms with E-state index in [9.17, 15) is 0 Å². The topological polar surface area (TPSA) is 42.8 Å². The van der Waals surface area contributed by atoms with E-state index in [4.69, 9.17) is 5.73 Å². The van der Waals surface area contributed by atoms with E-state index >= 15 is 0 Å². The first-order valence-corrected chi connectivity index (χ1v) is 6.52. The number of nitrogen functional groups attached to an aromatic ring is 1. The van der Waals surface area contributed by atoms with Crippen LogP contribution in [0.3, 0.4) is 0 Å². The van der Waals surface area contributed by atoms with Gasteiger partial charge in [-0.2, -0.15) is 0 Å². The van der Waals surface area contributed by atoms with E-state index in [1.165, 1.54) is 4.90 Å². The lowest BCUT2D eigenvalue weighted by Crippen LogP contribution is -2.36. The van der Waals surface area contributed by atoms with Crippen LogP contribution in [0.2, 0.25) is 0 Å². The lowest BCUT2D eigenvalue weighted by atomic mass is 10.4. The first-order valence-electron chi connectivity index (χ1n) is 4.74. The third kappa shape index (κ3) is 2.74. The smallest absolute Gasteiger partial charge is 0.287 e. The summed E-state index contributed by atoms with van der Waals surface area (Å²) in [5, 5.41) is 0. The predicted octanol–water partition coefficient (Wildman–Crippen LogP) is 2.46. The van der Waals surface area contributed by atoms with Gasteiger partial charge in [-0.25, -0.2) is 4.57 Å². The molecular formula is C11H11BrN3S+. The van der Waals surface area contributed by atoms with Gasteiger partial charge in [0.2, 0.25) is 0 Å². The number of nitrogens with two attached hydrogens (primary N) is 1. The highest BCUT2D eigenvalue weighted by molar-refractivity contribution is 9.10. The molecule has 2 N–H and O–H groups in total. The molecule has 2 aromatic rings. The first-order chi connectivity index (χ1) is 7.77. The molecule has 0 fully saturated rings. The van der Waals surface area contributed by atoms with Crippen molar-refractivity contribution in [2.24, 2.45) is 0 Å². The average Bonchev–Trinajstić information content (AvgIpc) is 2.30. The van der Waals surface area contributed by atoms with Crippen molar-refractivity contribution in [1.29, 1.82) is 0 Å². The zero-order chi connectivity index (χ0) is 11.4. The quantitative estimate of drug-likeness (QED) is 0.699. The molecule has 0 unspecified atom stereocenters. The maximum Gasteiger partial charge on any atom is 0.389 e. The summed E-state index contributed by atoms with van der Waals surface area (Å²) in [6.07, 6.45) is 3.61. The van der Waals surface area contributed by atoms with E-state index in [0.717, 1.165) is 10.3 Å². The van der Waals surface area contributed by atoms with Crippen molar-refractivity contribution < 1.29 is 4.57 Å². The zero-order valence-electron chi connectivity index (χ0n) is 8.51. The SMILES string of the molecule is Nc1nccc[n+]1CSc1ccccc1Br. The number of aromatic nitrogens is 2. The number of hydrogen-bond acceptors (Lipinski definition) is 3. The monoisotopic (exact) mass is 296 g/mol. The summed E-state index contributed by atoms with van der Waals surface area (Å²) < 4.78 is 3.01. The summed E-state index contributed by atoms with van der Waals surface area (Å²) in [4.78, 5) is 5.22. The number of rotatable bonds is 3. The molecule has 0 amide bonds. The predicted molar refractivity (Wildman–Crippen MR) is 68.8 cm³/mol. The molecule has 16 heavy (non-hydrogen) atoms. The van der Waals surface area contributed by atoms with E-state index in [1.807, 2.05) is 35.0 Å². The third-order valence-corrected chi connectivity index (χ3v) is 4.08. The molecule has 0 radical (unpaired) electrons. The molecule has 0 atom stereocenters. The normalized spacial score (nSPS) is 10.3. The van der Waals surface area contributed by atoms with Crippen LogP contribution in [0.25, 0.3) is 0 Å². The summed E-state index contributed by atoms with van der Waals surface area (Å²) in [6.45, 7) is 0. The van der Waals surface area contributed by atoms with Gasteiger partial charge in [-0.3, -0.25) is 5.73 Å². The molecule has 82 valence electrons. The summed E-state index contributed by atoms with van der Waals surface area (Å²) in [6, 6.07) is 9.99. The lowest BCUT2D eigenvalue weighted by Gasteiger charge is -2.04. The largest absolute Gasteiger partial charge is 0.389 e. The van der Waals surface area contributed by atoms with Crippen molar-refractivity contribution >= 4 is 33.6 Å². The van der Waals surface area contributed by atoms with Crippen molar-refractivity contribution in [2.75, 3.05) is 5.73 Å². The number of benzene rings is 1. The minimum absolute atomic E-state index is 0.530. The molecule has 5 heteroatoms. The third-order valence-electron chi connectivity index (χ3n) is 2.05. The standard InChI is InChI=1S/C11H10BrN3S/c12-9-4-1-2-5-10(9)16-8-15-7-3-6-14-11(15)13/h1-7,13H,8H2/p+1. The summed E-state index contributed by atoms with van der Waals surface area (Å²) >= 11 is 5.22. The van der Waals surface area contributed by atoms with Crippen molar-refractivity contribution in [3.8, 4) is 0 Å². The van der Waals surface area contributed by atoms with Gasteiger partial charge in [0.15, 0.2) is 0 Å². The Labute approximate surface area is 107 Å². The minimum Gasteiger partial charge on any atom is -0.287 e. The Morgan fingerprint density at radius 3 is 2.88 bits per heavy atom. The molecule has 1 heterocycles. The van der Waals surface area contributed by atoms with Crippen molar-refractivity contribution in [3.63, 3.8) is 0 Å². The molecular weight excluding hydrogens is 286 g/mol.